The molecular weight excluding hydrogens is 192 g/mol. The Kier molecular flexibility index (Phi) is 2.73. The smallest absolute Gasteiger partial charge is 0.277 e. The minimum absolute atomic E-state index is 0.103. The van der Waals surface area contributed by atoms with Gasteiger partial charge in [0.25, 0.3) is 5.56 Å². The minimum atomic E-state index is -0.103. The fraction of sp³-hybridized carbons (Fsp3) is 0.300. The van der Waals surface area contributed by atoms with Crippen LogP contribution in [0.3, 0.4) is 0 Å². The maximum atomic E-state index is 11.9. The van der Waals surface area contributed by atoms with Crippen molar-refractivity contribution >= 4 is 10.9 Å². The van der Waals surface area contributed by atoms with Gasteiger partial charge < -0.3 is 5.73 Å². The van der Waals surface area contributed by atoms with Crippen LogP contribution in [0.4, 0.5) is 0 Å². The minimum Gasteiger partial charge on any atom is -0.330 e. The number of nitrogens with zero attached hydrogens (tertiary/aromatic N) is 3. The number of hydrogen-bond donors (Lipinski definition) is 1. The van der Waals surface area contributed by atoms with Gasteiger partial charge in [0.1, 0.15) is 5.52 Å². The van der Waals surface area contributed by atoms with Gasteiger partial charge in [-0.1, -0.05) is 17.3 Å². The maximum Gasteiger partial charge on any atom is 0.277 e. The van der Waals surface area contributed by atoms with Crippen molar-refractivity contribution in [3.63, 3.8) is 0 Å². The Bertz CT molecular complexity index is 520. The van der Waals surface area contributed by atoms with Gasteiger partial charge in [-0.25, -0.2) is 4.68 Å². The number of fused-ring (bicyclic) bond motifs is 1. The van der Waals surface area contributed by atoms with Crippen molar-refractivity contribution < 1.29 is 0 Å². The van der Waals surface area contributed by atoms with Crippen LogP contribution in [0.25, 0.3) is 10.9 Å². The molecule has 0 fully saturated rings. The molecule has 5 heteroatoms. The molecule has 0 bridgehead atoms. The standard InChI is InChI=1S/C10H12N4O/c11-6-3-7-14-10(15)8-4-1-2-5-9(8)12-13-14/h1-2,4-5H,3,6-7,11H2. The second-order valence-corrected chi connectivity index (χ2v) is 3.28. The van der Waals surface area contributed by atoms with Gasteiger partial charge in [0, 0.05) is 6.54 Å². The maximum absolute atomic E-state index is 11.9. The van der Waals surface area contributed by atoms with Crippen LogP contribution in [0.15, 0.2) is 29.1 Å². The lowest BCUT2D eigenvalue weighted by molar-refractivity contribution is 0.530. The molecule has 0 aliphatic carbocycles. The van der Waals surface area contributed by atoms with E-state index in [1.54, 1.807) is 12.1 Å². The largest absolute Gasteiger partial charge is 0.330 e. The topological polar surface area (TPSA) is 73.8 Å². The van der Waals surface area contributed by atoms with Crippen LogP contribution >= 0.6 is 0 Å². The number of aromatic nitrogens is 3. The Morgan fingerprint density at radius 1 is 1.33 bits per heavy atom. The molecule has 0 spiro atoms. The zero-order valence-electron chi connectivity index (χ0n) is 8.26. The molecule has 0 unspecified atom stereocenters. The van der Waals surface area contributed by atoms with E-state index >= 15 is 0 Å². The summed E-state index contributed by atoms with van der Waals surface area (Å²) in [5.41, 5.74) is 5.90. The van der Waals surface area contributed by atoms with Crippen molar-refractivity contribution in [2.75, 3.05) is 6.54 Å². The van der Waals surface area contributed by atoms with E-state index in [9.17, 15) is 4.79 Å². The number of rotatable bonds is 3. The van der Waals surface area contributed by atoms with Gasteiger partial charge >= 0.3 is 0 Å². The van der Waals surface area contributed by atoms with E-state index < -0.39 is 0 Å². The van der Waals surface area contributed by atoms with Crippen LogP contribution in [-0.4, -0.2) is 21.5 Å². The van der Waals surface area contributed by atoms with E-state index in [-0.39, 0.29) is 5.56 Å². The highest BCUT2D eigenvalue weighted by molar-refractivity contribution is 5.76. The summed E-state index contributed by atoms with van der Waals surface area (Å²) in [6.07, 6.45) is 0.729. The Balaban J connectivity index is 2.51. The molecule has 0 atom stereocenters. The molecule has 2 aromatic rings. The van der Waals surface area contributed by atoms with Gasteiger partial charge in [-0.2, -0.15) is 0 Å². The molecule has 1 aromatic heterocycles. The van der Waals surface area contributed by atoms with Crippen LogP contribution in [0.1, 0.15) is 6.42 Å². The van der Waals surface area contributed by atoms with Crippen LogP contribution in [0.2, 0.25) is 0 Å². The highest BCUT2D eigenvalue weighted by Gasteiger charge is 2.03. The molecule has 1 aromatic carbocycles. The van der Waals surface area contributed by atoms with Gasteiger partial charge in [-0.15, -0.1) is 5.10 Å². The number of benzene rings is 1. The fourth-order valence-corrected chi connectivity index (χ4v) is 1.41. The van der Waals surface area contributed by atoms with Crippen molar-refractivity contribution in [1.82, 2.24) is 15.0 Å². The first kappa shape index (κ1) is 9.79. The first-order valence-corrected chi connectivity index (χ1v) is 4.85. The highest BCUT2D eigenvalue weighted by atomic mass is 16.1. The molecule has 0 radical (unpaired) electrons. The summed E-state index contributed by atoms with van der Waals surface area (Å²) in [6, 6.07) is 7.18. The molecule has 0 amide bonds. The Hall–Kier alpha value is -1.75. The van der Waals surface area contributed by atoms with E-state index in [1.165, 1.54) is 4.68 Å². The molecule has 15 heavy (non-hydrogen) atoms. The third-order valence-corrected chi connectivity index (χ3v) is 2.20. The van der Waals surface area contributed by atoms with E-state index in [4.69, 9.17) is 5.73 Å². The van der Waals surface area contributed by atoms with E-state index in [0.717, 1.165) is 6.42 Å². The van der Waals surface area contributed by atoms with Gasteiger partial charge in [-0.3, -0.25) is 4.79 Å². The number of aryl methyl sites for hydroxylation is 1. The van der Waals surface area contributed by atoms with Crippen LogP contribution in [0, 0.1) is 0 Å². The van der Waals surface area contributed by atoms with Crippen molar-refractivity contribution in [3.05, 3.63) is 34.6 Å². The van der Waals surface area contributed by atoms with Gasteiger partial charge in [0.15, 0.2) is 0 Å². The Morgan fingerprint density at radius 2 is 2.13 bits per heavy atom. The second kappa shape index (κ2) is 4.18. The molecule has 0 aliphatic rings. The van der Waals surface area contributed by atoms with Crippen LogP contribution in [-0.2, 0) is 6.54 Å². The first-order valence-electron chi connectivity index (χ1n) is 4.85. The predicted octanol–water partition coefficient (Wildman–Crippen LogP) is 0.140. The molecule has 2 rings (SSSR count). The Labute approximate surface area is 86.5 Å². The normalized spacial score (nSPS) is 10.7. The first-order chi connectivity index (χ1) is 7.33. The summed E-state index contributed by atoms with van der Waals surface area (Å²) in [7, 11) is 0. The van der Waals surface area contributed by atoms with Crippen molar-refractivity contribution in [2.24, 2.45) is 5.73 Å². The molecule has 1 heterocycles. The molecule has 0 aliphatic heterocycles. The average molecular weight is 204 g/mol. The molecule has 5 nitrogen and oxygen atoms in total. The van der Waals surface area contributed by atoms with Crippen molar-refractivity contribution in [2.45, 2.75) is 13.0 Å². The van der Waals surface area contributed by atoms with Crippen LogP contribution < -0.4 is 11.3 Å². The predicted molar refractivity (Wildman–Crippen MR) is 57.5 cm³/mol. The lowest BCUT2D eigenvalue weighted by Gasteiger charge is -2.02. The second-order valence-electron chi connectivity index (χ2n) is 3.28. The van der Waals surface area contributed by atoms with Gasteiger partial charge in [0.2, 0.25) is 0 Å². The summed E-state index contributed by atoms with van der Waals surface area (Å²) in [5, 5.41) is 8.41. The van der Waals surface area contributed by atoms with E-state index in [2.05, 4.69) is 10.3 Å². The van der Waals surface area contributed by atoms with E-state index in [0.29, 0.717) is 24.0 Å². The fourth-order valence-electron chi connectivity index (χ4n) is 1.41. The zero-order chi connectivity index (χ0) is 10.7. The molecule has 2 N–H and O–H groups in total. The quantitative estimate of drug-likeness (QED) is 0.771. The third kappa shape index (κ3) is 1.87. The zero-order valence-corrected chi connectivity index (χ0v) is 8.26. The lowest BCUT2D eigenvalue weighted by atomic mass is 10.2. The SMILES string of the molecule is NCCCn1nnc2ccccc2c1=O. The number of hydrogen-bond acceptors (Lipinski definition) is 4. The van der Waals surface area contributed by atoms with E-state index in [1.807, 2.05) is 12.1 Å². The Morgan fingerprint density at radius 3 is 2.93 bits per heavy atom. The molecule has 0 saturated heterocycles. The summed E-state index contributed by atoms with van der Waals surface area (Å²) >= 11 is 0. The molecule has 78 valence electrons. The lowest BCUT2D eigenvalue weighted by Crippen LogP contribution is -2.25. The van der Waals surface area contributed by atoms with Crippen molar-refractivity contribution in [1.29, 1.82) is 0 Å². The van der Waals surface area contributed by atoms with Gasteiger partial charge in [0.05, 0.1) is 5.39 Å². The average Bonchev–Trinajstić information content (AvgIpc) is 2.29. The van der Waals surface area contributed by atoms with Gasteiger partial charge in [-0.05, 0) is 25.1 Å². The monoisotopic (exact) mass is 204 g/mol. The van der Waals surface area contributed by atoms with Crippen LogP contribution in [0.5, 0.6) is 0 Å². The third-order valence-electron chi connectivity index (χ3n) is 2.20. The summed E-state index contributed by atoms with van der Waals surface area (Å²) in [5.74, 6) is 0. The summed E-state index contributed by atoms with van der Waals surface area (Å²) in [6.45, 7) is 1.06. The summed E-state index contributed by atoms with van der Waals surface area (Å²) < 4.78 is 1.36. The number of nitrogens with two attached hydrogens (primary N) is 1. The van der Waals surface area contributed by atoms with Crippen molar-refractivity contribution in [3.8, 4) is 0 Å². The highest BCUT2D eigenvalue weighted by Crippen LogP contribution is 2.03. The summed E-state index contributed by atoms with van der Waals surface area (Å²) in [4.78, 5) is 11.9. The molecular formula is C10H12N4O. The molecule has 0 saturated carbocycles.